The number of nitrogens with zero attached hydrogens (tertiary/aromatic N) is 3. The second-order valence-corrected chi connectivity index (χ2v) is 14.1. The molecule has 1 aliphatic rings. The average Bonchev–Trinajstić information content (AvgIpc) is 3.47. The van der Waals surface area contributed by atoms with Crippen LogP contribution in [0.4, 0.5) is 5.69 Å². The third kappa shape index (κ3) is 5.62. The summed E-state index contributed by atoms with van der Waals surface area (Å²) < 4.78 is 0. The van der Waals surface area contributed by atoms with Gasteiger partial charge < -0.3 is 0 Å². The molecule has 1 aliphatic carbocycles. The molecule has 9 rings (SSSR count). The van der Waals surface area contributed by atoms with Crippen LogP contribution in [0.2, 0.25) is 0 Å². The minimum atomic E-state index is -0.302. The Labute approximate surface area is 310 Å². The van der Waals surface area contributed by atoms with E-state index >= 15 is 0 Å². The standard InChI is InChI=1S/C50H35N3/c1-50(2)43-22-13-23-44(51-3)47(43)42-21-12-20-40(48(42)50)39-18-10-11-19-41(39)49-52-45(37-28-24-35(25-29-37)33-14-6-4-7-15-33)32-46(53-49)38-30-26-36(27-31-38)34-16-8-5-9-17-34/h4-32H,1-2H3. The van der Waals surface area contributed by atoms with Crippen molar-refractivity contribution in [2.75, 3.05) is 0 Å². The van der Waals surface area contributed by atoms with Gasteiger partial charge in [0.2, 0.25) is 0 Å². The number of hydrogen-bond donors (Lipinski definition) is 0. The zero-order valence-corrected chi connectivity index (χ0v) is 29.6. The summed E-state index contributed by atoms with van der Waals surface area (Å²) in [6.45, 7) is 12.5. The molecule has 3 nitrogen and oxygen atoms in total. The van der Waals surface area contributed by atoms with Gasteiger partial charge in [0.25, 0.3) is 0 Å². The molecule has 1 aromatic heterocycles. The Bertz CT molecular complexity index is 2570. The first-order valence-corrected chi connectivity index (χ1v) is 17.9. The monoisotopic (exact) mass is 677 g/mol. The van der Waals surface area contributed by atoms with E-state index in [9.17, 15) is 0 Å². The van der Waals surface area contributed by atoms with Gasteiger partial charge in [-0.15, -0.1) is 0 Å². The molecular formula is C50H35N3. The number of hydrogen-bond acceptors (Lipinski definition) is 2. The van der Waals surface area contributed by atoms with Crippen molar-refractivity contribution >= 4 is 5.69 Å². The Morgan fingerprint density at radius 2 is 0.887 bits per heavy atom. The SMILES string of the molecule is [C-]#[N+]c1cccc2c1-c1cccc(-c3ccccc3-c3nc(-c4ccc(-c5ccccc5)cc4)cc(-c4ccc(-c5ccccc5)cc4)n3)c1C2(C)C. The zero-order valence-electron chi connectivity index (χ0n) is 29.6. The molecule has 8 aromatic rings. The Morgan fingerprint density at radius 1 is 0.434 bits per heavy atom. The van der Waals surface area contributed by atoms with Crippen molar-refractivity contribution in [2.24, 2.45) is 0 Å². The van der Waals surface area contributed by atoms with Crippen molar-refractivity contribution < 1.29 is 0 Å². The third-order valence-corrected chi connectivity index (χ3v) is 10.6. The minimum Gasteiger partial charge on any atom is -0.238 e. The van der Waals surface area contributed by atoms with Gasteiger partial charge in [-0.25, -0.2) is 14.8 Å². The Morgan fingerprint density at radius 3 is 1.45 bits per heavy atom. The van der Waals surface area contributed by atoms with Crippen molar-refractivity contribution in [3.63, 3.8) is 0 Å². The molecule has 0 radical (unpaired) electrons. The number of fused-ring (bicyclic) bond motifs is 3. The van der Waals surface area contributed by atoms with E-state index in [0.717, 1.165) is 61.5 Å². The summed E-state index contributed by atoms with van der Waals surface area (Å²) >= 11 is 0. The van der Waals surface area contributed by atoms with Crippen LogP contribution in [0.3, 0.4) is 0 Å². The van der Waals surface area contributed by atoms with Crippen molar-refractivity contribution in [2.45, 2.75) is 19.3 Å². The van der Waals surface area contributed by atoms with E-state index in [1.54, 1.807) is 0 Å². The molecule has 0 N–H and O–H groups in total. The molecule has 1 heterocycles. The largest absolute Gasteiger partial charge is 0.238 e. The summed E-state index contributed by atoms with van der Waals surface area (Å²) in [5.41, 5.74) is 16.6. The molecule has 0 amide bonds. The predicted octanol–water partition coefficient (Wildman–Crippen LogP) is 13.3. The molecule has 7 aromatic carbocycles. The van der Waals surface area contributed by atoms with E-state index in [2.05, 4.69) is 170 Å². The molecular weight excluding hydrogens is 643 g/mol. The van der Waals surface area contributed by atoms with Gasteiger partial charge >= 0.3 is 0 Å². The lowest BCUT2D eigenvalue weighted by Crippen LogP contribution is -2.16. The number of rotatable bonds is 6. The first-order chi connectivity index (χ1) is 26.0. The molecule has 0 bridgehead atoms. The predicted molar refractivity (Wildman–Crippen MR) is 218 cm³/mol. The van der Waals surface area contributed by atoms with E-state index in [0.29, 0.717) is 11.5 Å². The molecule has 3 heteroatoms. The van der Waals surface area contributed by atoms with Crippen LogP contribution in [0.15, 0.2) is 176 Å². The maximum absolute atomic E-state index is 7.95. The van der Waals surface area contributed by atoms with Gasteiger partial charge in [0.05, 0.1) is 18.0 Å². The summed E-state index contributed by atoms with van der Waals surface area (Å²) in [4.78, 5) is 14.5. The quantitative estimate of drug-likeness (QED) is 0.164. The summed E-state index contributed by atoms with van der Waals surface area (Å²) in [7, 11) is 0. The van der Waals surface area contributed by atoms with Gasteiger partial charge in [-0.3, -0.25) is 0 Å². The van der Waals surface area contributed by atoms with Crippen LogP contribution in [0, 0.1) is 6.57 Å². The highest BCUT2D eigenvalue weighted by atomic mass is 14.9. The van der Waals surface area contributed by atoms with E-state index in [1.165, 1.54) is 22.3 Å². The normalized spacial score (nSPS) is 12.5. The molecule has 0 spiro atoms. The topological polar surface area (TPSA) is 30.1 Å². The highest BCUT2D eigenvalue weighted by Crippen LogP contribution is 2.55. The van der Waals surface area contributed by atoms with Crippen LogP contribution in [-0.2, 0) is 5.41 Å². The minimum absolute atomic E-state index is 0.302. The lowest BCUT2D eigenvalue weighted by molar-refractivity contribution is 0.662. The van der Waals surface area contributed by atoms with Crippen molar-refractivity contribution in [1.82, 2.24) is 9.97 Å². The molecule has 0 aliphatic heterocycles. The van der Waals surface area contributed by atoms with Crippen LogP contribution in [0.1, 0.15) is 25.0 Å². The second kappa shape index (κ2) is 13.0. The van der Waals surface area contributed by atoms with Gasteiger partial charge in [-0.05, 0) is 61.7 Å². The lowest BCUT2D eigenvalue weighted by Gasteiger charge is -2.25. The molecule has 0 unspecified atom stereocenters. The summed E-state index contributed by atoms with van der Waals surface area (Å²) in [6, 6.07) is 61.3. The molecule has 0 saturated heterocycles. The van der Waals surface area contributed by atoms with Gasteiger partial charge in [0.15, 0.2) is 11.5 Å². The fourth-order valence-electron chi connectivity index (χ4n) is 7.93. The van der Waals surface area contributed by atoms with Crippen molar-refractivity contribution in [3.8, 4) is 78.4 Å². The first kappa shape index (κ1) is 32.0. The molecule has 0 atom stereocenters. The van der Waals surface area contributed by atoms with Crippen LogP contribution in [0.5, 0.6) is 0 Å². The van der Waals surface area contributed by atoms with Gasteiger partial charge in [0, 0.05) is 22.1 Å². The van der Waals surface area contributed by atoms with Gasteiger partial charge in [-0.1, -0.05) is 184 Å². The highest BCUT2D eigenvalue weighted by molar-refractivity contribution is 5.96. The van der Waals surface area contributed by atoms with Gasteiger partial charge in [-0.2, -0.15) is 0 Å². The van der Waals surface area contributed by atoms with E-state index in [1.807, 2.05) is 24.3 Å². The smallest absolute Gasteiger partial charge is 0.195 e. The highest BCUT2D eigenvalue weighted by Gasteiger charge is 2.39. The summed E-state index contributed by atoms with van der Waals surface area (Å²) in [5, 5.41) is 0. The van der Waals surface area contributed by atoms with Crippen LogP contribution in [-0.4, -0.2) is 9.97 Å². The van der Waals surface area contributed by atoms with E-state index in [-0.39, 0.29) is 5.41 Å². The summed E-state index contributed by atoms with van der Waals surface area (Å²) in [6.07, 6.45) is 0. The van der Waals surface area contributed by atoms with Crippen molar-refractivity contribution in [1.29, 1.82) is 0 Å². The number of aromatic nitrogens is 2. The Balaban J connectivity index is 1.21. The fourth-order valence-corrected chi connectivity index (χ4v) is 7.93. The average molecular weight is 678 g/mol. The number of benzene rings is 7. The van der Waals surface area contributed by atoms with E-state index < -0.39 is 0 Å². The molecule has 0 saturated carbocycles. The Kier molecular flexibility index (Phi) is 7.87. The van der Waals surface area contributed by atoms with Gasteiger partial charge in [0.1, 0.15) is 0 Å². The second-order valence-electron chi connectivity index (χ2n) is 14.1. The first-order valence-electron chi connectivity index (χ1n) is 17.9. The molecule has 250 valence electrons. The van der Waals surface area contributed by atoms with Crippen molar-refractivity contribution in [3.05, 3.63) is 198 Å². The summed E-state index contributed by atoms with van der Waals surface area (Å²) in [5.74, 6) is 0.667. The zero-order chi connectivity index (χ0) is 35.9. The van der Waals surface area contributed by atoms with Crippen LogP contribution in [0.25, 0.3) is 83.3 Å². The maximum atomic E-state index is 7.95. The molecule has 53 heavy (non-hydrogen) atoms. The van der Waals surface area contributed by atoms with Crippen LogP contribution >= 0.6 is 0 Å². The Hall–Kier alpha value is -6.89. The molecule has 0 fully saturated rings. The third-order valence-electron chi connectivity index (χ3n) is 10.6. The lowest BCUT2D eigenvalue weighted by atomic mass is 9.78. The fraction of sp³-hybridized carbons (Fsp3) is 0.0600. The van der Waals surface area contributed by atoms with E-state index in [4.69, 9.17) is 16.5 Å². The van der Waals surface area contributed by atoms with Crippen LogP contribution < -0.4 is 0 Å². The maximum Gasteiger partial charge on any atom is 0.195 e.